The molecule has 7 heteroatoms. The lowest BCUT2D eigenvalue weighted by Gasteiger charge is -2.17. The van der Waals surface area contributed by atoms with Crippen molar-refractivity contribution in [3.8, 4) is 0 Å². The summed E-state index contributed by atoms with van der Waals surface area (Å²) in [5.41, 5.74) is 11.8. The smallest absolute Gasteiger partial charge is 0.270 e. The van der Waals surface area contributed by atoms with E-state index in [1.54, 1.807) is 13.2 Å². The molecule has 2 rings (SSSR count). The Kier molecular flexibility index (Phi) is 4.35. The van der Waals surface area contributed by atoms with Gasteiger partial charge in [-0.05, 0) is 25.0 Å². The van der Waals surface area contributed by atoms with Crippen LogP contribution in [0.25, 0.3) is 0 Å². The summed E-state index contributed by atoms with van der Waals surface area (Å²) in [7, 11) is 1.54. The van der Waals surface area contributed by atoms with Crippen LogP contribution in [0.3, 0.4) is 0 Å². The van der Waals surface area contributed by atoms with Gasteiger partial charge in [-0.1, -0.05) is 6.07 Å². The third-order valence-corrected chi connectivity index (χ3v) is 3.35. The van der Waals surface area contributed by atoms with Gasteiger partial charge in [0.2, 0.25) is 0 Å². The molecule has 0 bridgehead atoms. The number of carbonyl (C=O) groups is 3. The molecular formula is C14H17N3O4. The Morgan fingerprint density at radius 2 is 2.05 bits per heavy atom. The molecule has 7 nitrogen and oxygen atoms in total. The highest BCUT2D eigenvalue weighted by Gasteiger charge is 2.42. The quantitative estimate of drug-likeness (QED) is 0.453. The number of nitrogens with zero attached hydrogens (tertiary/aromatic N) is 1. The number of rotatable bonds is 5. The monoisotopic (exact) mass is 291 g/mol. The Labute approximate surface area is 121 Å². The van der Waals surface area contributed by atoms with Crippen LogP contribution in [0.1, 0.15) is 33.6 Å². The zero-order valence-electron chi connectivity index (χ0n) is 11.7. The summed E-state index contributed by atoms with van der Waals surface area (Å²) in [5.74, 6) is -2.09. The van der Waals surface area contributed by atoms with Crippen LogP contribution in [0.2, 0.25) is 0 Å². The first-order valence-electron chi connectivity index (χ1n) is 6.54. The summed E-state index contributed by atoms with van der Waals surface area (Å²) in [6.07, 6.45) is 0.893. The number of methoxy groups -OCH3 is 1. The molecule has 1 heterocycles. The van der Waals surface area contributed by atoms with Gasteiger partial charge in [0.15, 0.2) is 0 Å². The van der Waals surface area contributed by atoms with Crippen LogP contribution in [-0.4, -0.2) is 42.4 Å². The van der Waals surface area contributed by atoms with Gasteiger partial charge < -0.3 is 16.2 Å². The van der Waals surface area contributed by atoms with Crippen molar-refractivity contribution < 1.29 is 19.1 Å². The van der Waals surface area contributed by atoms with E-state index in [0.717, 1.165) is 0 Å². The third kappa shape index (κ3) is 2.65. The highest BCUT2D eigenvalue weighted by Crippen LogP contribution is 2.28. The van der Waals surface area contributed by atoms with Crippen LogP contribution in [0.4, 0.5) is 5.69 Å². The zero-order valence-corrected chi connectivity index (χ0v) is 11.7. The van der Waals surface area contributed by atoms with Gasteiger partial charge in [-0.2, -0.15) is 0 Å². The first-order valence-corrected chi connectivity index (χ1v) is 6.54. The highest BCUT2D eigenvalue weighted by molar-refractivity contribution is 6.31. The maximum Gasteiger partial charge on any atom is 0.270 e. The summed E-state index contributed by atoms with van der Waals surface area (Å²) < 4.78 is 4.88. The van der Waals surface area contributed by atoms with Crippen molar-refractivity contribution in [2.45, 2.75) is 18.9 Å². The summed E-state index contributed by atoms with van der Waals surface area (Å²) in [6, 6.07) is 3.61. The molecule has 0 aliphatic carbocycles. The van der Waals surface area contributed by atoms with Gasteiger partial charge >= 0.3 is 0 Å². The lowest BCUT2D eigenvalue weighted by atomic mass is 10.1. The van der Waals surface area contributed by atoms with E-state index in [1.807, 2.05) is 0 Å². The summed E-state index contributed by atoms with van der Waals surface area (Å²) in [6.45, 7) is 0.454. The normalized spacial score (nSPS) is 15.2. The predicted molar refractivity (Wildman–Crippen MR) is 75.4 cm³/mol. The maximum absolute atomic E-state index is 12.2. The number of hydrogen-bond donors (Lipinski definition) is 2. The predicted octanol–water partition coefficient (Wildman–Crippen LogP) is 0.145. The first kappa shape index (κ1) is 15.1. The van der Waals surface area contributed by atoms with E-state index in [2.05, 4.69) is 0 Å². The molecule has 1 atom stereocenters. The van der Waals surface area contributed by atoms with Gasteiger partial charge in [0.1, 0.15) is 0 Å². The van der Waals surface area contributed by atoms with E-state index in [4.69, 9.17) is 16.2 Å². The number of anilines is 1. The average molecular weight is 291 g/mol. The van der Waals surface area contributed by atoms with Gasteiger partial charge in [0.25, 0.3) is 17.7 Å². The molecule has 112 valence electrons. The number of carbonyl (C=O) groups excluding carboxylic acids is 3. The number of imide groups is 3. The molecule has 1 aliphatic rings. The largest absolute Gasteiger partial charge is 0.398 e. The lowest BCUT2D eigenvalue weighted by molar-refractivity contribution is -0.127. The SMILES string of the molecule is COCCCC(N)C(=O)N1C(=O)c2cccc(N)c2C1=O. The number of fused-ring (bicyclic) bond motifs is 1. The number of nitrogen functional groups attached to an aromatic ring is 1. The Morgan fingerprint density at radius 3 is 2.67 bits per heavy atom. The molecule has 4 N–H and O–H groups in total. The standard InChI is InChI=1S/C14H17N3O4/c1-21-7-3-6-10(16)13(19)17-12(18)8-4-2-5-9(15)11(8)14(17)20/h2,4-5,10H,3,6-7,15-16H2,1H3. The number of ether oxygens (including phenoxy) is 1. The van der Waals surface area contributed by atoms with E-state index in [1.165, 1.54) is 12.1 Å². The minimum absolute atomic E-state index is 0.0694. The number of amides is 3. The fourth-order valence-electron chi connectivity index (χ4n) is 2.25. The summed E-state index contributed by atoms with van der Waals surface area (Å²) in [4.78, 5) is 37.2. The van der Waals surface area contributed by atoms with Crippen LogP contribution in [0.15, 0.2) is 18.2 Å². The lowest BCUT2D eigenvalue weighted by Crippen LogP contribution is -2.46. The van der Waals surface area contributed by atoms with Gasteiger partial charge in [0, 0.05) is 19.4 Å². The molecule has 1 aromatic carbocycles. The Morgan fingerprint density at radius 1 is 1.33 bits per heavy atom. The molecule has 1 aromatic rings. The topological polar surface area (TPSA) is 116 Å². The summed E-state index contributed by atoms with van der Waals surface area (Å²) in [5, 5.41) is 0. The zero-order chi connectivity index (χ0) is 15.6. The molecule has 1 aliphatic heterocycles. The van der Waals surface area contributed by atoms with Crippen molar-refractivity contribution in [2.24, 2.45) is 5.73 Å². The van der Waals surface area contributed by atoms with Crippen molar-refractivity contribution in [3.05, 3.63) is 29.3 Å². The summed E-state index contributed by atoms with van der Waals surface area (Å²) >= 11 is 0. The Hall–Kier alpha value is -2.25. The fourth-order valence-corrected chi connectivity index (χ4v) is 2.25. The van der Waals surface area contributed by atoms with E-state index in [9.17, 15) is 14.4 Å². The van der Waals surface area contributed by atoms with Gasteiger partial charge in [-0.15, -0.1) is 0 Å². The van der Waals surface area contributed by atoms with E-state index in [0.29, 0.717) is 24.3 Å². The second kappa shape index (κ2) is 6.02. The van der Waals surface area contributed by atoms with Crippen molar-refractivity contribution >= 4 is 23.4 Å². The first-order chi connectivity index (χ1) is 9.99. The van der Waals surface area contributed by atoms with Crippen LogP contribution in [0.5, 0.6) is 0 Å². The molecule has 0 saturated carbocycles. The van der Waals surface area contributed by atoms with E-state index >= 15 is 0 Å². The minimum atomic E-state index is -0.927. The molecule has 0 radical (unpaired) electrons. The minimum Gasteiger partial charge on any atom is -0.398 e. The number of hydrogen-bond acceptors (Lipinski definition) is 6. The van der Waals surface area contributed by atoms with Crippen molar-refractivity contribution in [3.63, 3.8) is 0 Å². The van der Waals surface area contributed by atoms with Crippen LogP contribution in [0, 0.1) is 0 Å². The second-order valence-electron chi connectivity index (χ2n) is 4.80. The Balaban J connectivity index is 2.19. The van der Waals surface area contributed by atoms with Crippen LogP contribution in [-0.2, 0) is 9.53 Å². The van der Waals surface area contributed by atoms with Crippen molar-refractivity contribution in [1.82, 2.24) is 4.90 Å². The van der Waals surface area contributed by atoms with Crippen molar-refractivity contribution in [2.75, 3.05) is 19.5 Å². The molecule has 3 amide bonds. The van der Waals surface area contributed by atoms with E-state index < -0.39 is 23.8 Å². The molecule has 21 heavy (non-hydrogen) atoms. The van der Waals surface area contributed by atoms with Crippen LogP contribution < -0.4 is 11.5 Å². The third-order valence-electron chi connectivity index (χ3n) is 3.35. The number of benzene rings is 1. The molecule has 0 saturated heterocycles. The van der Waals surface area contributed by atoms with Gasteiger partial charge in [0.05, 0.1) is 17.2 Å². The van der Waals surface area contributed by atoms with Gasteiger partial charge in [-0.3, -0.25) is 14.4 Å². The molecular weight excluding hydrogens is 274 g/mol. The molecule has 0 spiro atoms. The van der Waals surface area contributed by atoms with Gasteiger partial charge in [-0.25, -0.2) is 4.90 Å². The highest BCUT2D eigenvalue weighted by atomic mass is 16.5. The molecule has 0 aromatic heterocycles. The average Bonchev–Trinajstić information content (AvgIpc) is 2.71. The maximum atomic E-state index is 12.2. The van der Waals surface area contributed by atoms with Crippen molar-refractivity contribution in [1.29, 1.82) is 0 Å². The van der Waals surface area contributed by atoms with E-state index in [-0.39, 0.29) is 16.8 Å². The molecule has 1 unspecified atom stereocenters. The second-order valence-corrected chi connectivity index (χ2v) is 4.80. The van der Waals surface area contributed by atoms with Crippen LogP contribution >= 0.6 is 0 Å². The fraction of sp³-hybridized carbons (Fsp3) is 0.357. The Bertz CT molecular complexity index is 600. The number of nitrogens with two attached hydrogens (primary N) is 2. The molecule has 0 fully saturated rings.